The summed E-state index contributed by atoms with van der Waals surface area (Å²) in [7, 11) is 1.57. The van der Waals surface area contributed by atoms with Gasteiger partial charge in [-0.15, -0.1) is 11.3 Å². The fourth-order valence-corrected chi connectivity index (χ4v) is 6.20. The van der Waals surface area contributed by atoms with E-state index in [1.54, 1.807) is 47.6 Å². The first-order valence-corrected chi connectivity index (χ1v) is 13.4. The number of carbonyl (C=O) groups is 2. The van der Waals surface area contributed by atoms with Crippen molar-refractivity contribution in [3.05, 3.63) is 81.8 Å². The van der Waals surface area contributed by atoms with Gasteiger partial charge in [-0.3, -0.25) is 9.69 Å². The van der Waals surface area contributed by atoms with E-state index in [0.717, 1.165) is 24.1 Å². The molecule has 3 heterocycles. The van der Waals surface area contributed by atoms with Gasteiger partial charge in [-0.2, -0.15) is 0 Å². The number of anilines is 1. The third-order valence-corrected chi connectivity index (χ3v) is 8.15. The summed E-state index contributed by atoms with van der Waals surface area (Å²) in [6.45, 7) is 4.30. The lowest BCUT2D eigenvalue weighted by Crippen LogP contribution is -2.58. The minimum atomic E-state index is -0.275. The molecule has 5 rings (SSSR count). The number of para-hydroxylation sites is 2. The number of thiophene rings is 1. The predicted octanol–water partition coefficient (Wildman–Crippen LogP) is 4.61. The second kappa shape index (κ2) is 10.9. The second-order valence-corrected chi connectivity index (χ2v) is 10.5. The number of piperazine rings is 1. The predicted molar refractivity (Wildman–Crippen MR) is 143 cm³/mol. The fraction of sp³-hybridized carbons (Fsp3) is 0.357. The Balaban J connectivity index is 1.24. The van der Waals surface area contributed by atoms with Gasteiger partial charge >= 0.3 is 6.03 Å². The van der Waals surface area contributed by atoms with Crippen LogP contribution in [0.15, 0.2) is 60.0 Å². The van der Waals surface area contributed by atoms with Crippen molar-refractivity contribution in [2.75, 3.05) is 45.2 Å². The molecule has 1 fully saturated rings. The van der Waals surface area contributed by atoms with Crippen molar-refractivity contribution in [3.63, 3.8) is 0 Å². The summed E-state index contributed by atoms with van der Waals surface area (Å²) in [4.78, 5) is 33.4. The molecule has 9 heteroatoms. The Morgan fingerprint density at radius 2 is 1.95 bits per heavy atom. The van der Waals surface area contributed by atoms with Crippen molar-refractivity contribution >= 4 is 29.0 Å². The highest BCUT2D eigenvalue weighted by Crippen LogP contribution is 2.38. The normalized spacial score (nSPS) is 19.9. The molecule has 0 unspecified atom stereocenters. The zero-order valence-corrected chi connectivity index (χ0v) is 21.8. The van der Waals surface area contributed by atoms with Crippen molar-refractivity contribution in [2.45, 2.75) is 25.4 Å². The molecule has 0 saturated carbocycles. The van der Waals surface area contributed by atoms with Crippen LogP contribution in [0.5, 0.6) is 5.75 Å². The van der Waals surface area contributed by atoms with E-state index in [9.17, 15) is 14.0 Å². The van der Waals surface area contributed by atoms with Crippen molar-refractivity contribution < 1.29 is 18.7 Å². The Morgan fingerprint density at radius 1 is 1.11 bits per heavy atom. The standard InChI is InChI=1S/C28H31FN4O3S/c1-19-17-31(13-14-33(19)28(35)30-23-8-3-4-9-24(23)36-2)26(34)18-32-12-10-25-22(11-15-37-25)27(32)20-6-5-7-21(29)16-20/h3-9,11,15-16,19,27H,10,12-14,17-18H2,1-2H3,(H,30,35)/t19-,27-/m0/s1. The van der Waals surface area contributed by atoms with Crippen molar-refractivity contribution in [2.24, 2.45) is 0 Å². The van der Waals surface area contributed by atoms with E-state index in [2.05, 4.69) is 21.7 Å². The van der Waals surface area contributed by atoms with Gasteiger partial charge in [0.25, 0.3) is 0 Å². The molecule has 0 aliphatic carbocycles. The molecule has 2 atom stereocenters. The second-order valence-electron chi connectivity index (χ2n) is 9.49. The molecule has 194 valence electrons. The van der Waals surface area contributed by atoms with Gasteiger partial charge < -0.3 is 19.9 Å². The van der Waals surface area contributed by atoms with E-state index < -0.39 is 0 Å². The number of ether oxygens (including phenoxy) is 1. The topological polar surface area (TPSA) is 65.1 Å². The van der Waals surface area contributed by atoms with Gasteiger partial charge in [0.2, 0.25) is 5.91 Å². The molecule has 3 aromatic rings. The third kappa shape index (κ3) is 5.33. The number of fused-ring (bicyclic) bond motifs is 1. The summed E-state index contributed by atoms with van der Waals surface area (Å²) in [5.74, 6) is 0.347. The van der Waals surface area contributed by atoms with E-state index >= 15 is 0 Å². The van der Waals surface area contributed by atoms with Gasteiger partial charge in [-0.05, 0) is 60.2 Å². The van der Waals surface area contributed by atoms with Crippen LogP contribution in [0.2, 0.25) is 0 Å². The number of urea groups is 1. The van der Waals surface area contributed by atoms with Crippen LogP contribution in [0.3, 0.4) is 0 Å². The highest BCUT2D eigenvalue weighted by molar-refractivity contribution is 7.10. The third-order valence-electron chi connectivity index (χ3n) is 7.16. The SMILES string of the molecule is COc1ccccc1NC(=O)N1CCN(C(=O)CN2CCc3sccc3[C@@H]2c2cccc(F)c2)C[C@@H]1C. The number of hydrogen-bond acceptors (Lipinski definition) is 5. The molecule has 2 aromatic carbocycles. The van der Waals surface area contributed by atoms with Gasteiger partial charge in [-0.25, -0.2) is 9.18 Å². The smallest absolute Gasteiger partial charge is 0.322 e. The van der Waals surface area contributed by atoms with Gasteiger partial charge in [0, 0.05) is 37.1 Å². The average Bonchev–Trinajstić information content (AvgIpc) is 3.37. The molecule has 0 bridgehead atoms. The monoisotopic (exact) mass is 522 g/mol. The Bertz CT molecular complexity index is 1280. The molecule has 2 aliphatic heterocycles. The molecule has 1 saturated heterocycles. The summed E-state index contributed by atoms with van der Waals surface area (Å²) < 4.78 is 19.4. The summed E-state index contributed by atoms with van der Waals surface area (Å²) in [5.41, 5.74) is 2.63. The molecule has 7 nitrogen and oxygen atoms in total. The van der Waals surface area contributed by atoms with Crippen LogP contribution in [-0.4, -0.2) is 72.5 Å². The van der Waals surface area contributed by atoms with Crippen LogP contribution in [0.4, 0.5) is 14.9 Å². The number of benzene rings is 2. The van der Waals surface area contributed by atoms with Crippen LogP contribution in [0.25, 0.3) is 0 Å². The van der Waals surface area contributed by atoms with E-state index in [0.29, 0.717) is 31.1 Å². The van der Waals surface area contributed by atoms with Crippen LogP contribution >= 0.6 is 11.3 Å². The fourth-order valence-electron chi connectivity index (χ4n) is 5.30. The summed E-state index contributed by atoms with van der Waals surface area (Å²) >= 11 is 1.72. The van der Waals surface area contributed by atoms with Crippen LogP contribution in [0, 0.1) is 5.82 Å². The molecule has 37 heavy (non-hydrogen) atoms. The Kier molecular flexibility index (Phi) is 7.43. The maximum Gasteiger partial charge on any atom is 0.322 e. The van der Waals surface area contributed by atoms with Gasteiger partial charge in [-0.1, -0.05) is 24.3 Å². The maximum atomic E-state index is 14.1. The van der Waals surface area contributed by atoms with Crippen LogP contribution in [-0.2, 0) is 11.2 Å². The van der Waals surface area contributed by atoms with Gasteiger partial charge in [0.05, 0.1) is 25.4 Å². The first-order valence-electron chi connectivity index (χ1n) is 12.5. The van der Waals surface area contributed by atoms with Crippen molar-refractivity contribution in [1.82, 2.24) is 14.7 Å². The average molecular weight is 523 g/mol. The maximum absolute atomic E-state index is 14.1. The Labute approximate surface area is 220 Å². The number of halogens is 1. The van der Waals surface area contributed by atoms with Crippen molar-refractivity contribution in [3.8, 4) is 5.75 Å². The summed E-state index contributed by atoms with van der Waals surface area (Å²) in [6, 6.07) is 15.5. The molecule has 1 N–H and O–H groups in total. The first kappa shape index (κ1) is 25.2. The number of carbonyl (C=O) groups excluding carboxylic acids is 2. The highest BCUT2D eigenvalue weighted by atomic mass is 32.1. The van der Waals surface area contributed by atoms with Gasteiger partial charge in [0.15, 0.2) is 0 Å². The Morgan fingerprint density at radius 3 is 2.73 bits per heavy atom. The van der Waals surface area contributed by atoms with Gasteiger partial charge in [0.1, 0.15) is 11.6 Å². The number of methoxy groups -OCH3 is 1. The molecule has 2 aliphatic rings. The number of amides is 3. The summed E-state index contributed by atoms with van der Waals surface area (Å²) in [5, 5.41) is 5.00. The van der Waals surface area contributed by atoms with E-state index in [4.69, 9.17) is 4.74 Å². The lowest BCUT2D eigenvalue weighted by atomic mass is 9.93. The molecule has 3 amide bonds. The Hall–Kier alpha value is -3.43. The number of nitrogens with zero attached hydrogens (tertiary/aromatic N) is 3. The summed E-state index contributed by atoms with van der Waals surface area (Å²) in [6.07, 6.45) is 0.874. The van der Waals surface area contributed by atoms with Crippen LogP contribution < -0.4 is 10.1 Å². The zero-order valence-electron chi connectivity index (χ0n) is 21.0. The first-order chi connectivity index (χ1) is 17.9. The highest BCUT2D eigenvalue weighted by Gasteiger charge is 2.34. The van der Waals surface area contributed by atoms with E-state index in [1.807, 2.05) is 30.0 Å². The molecule has 1 aromatic heterocycles. The van der Waals surface area contributed by atoms with Crippen LogP contribution in [0.1, 0.15) is 29.0 Å². The molecule has 0 radical (unpaired) electrons. The minimum absolute atomic E-state index is 0.0247. The van der Waals surface area contributed by atoms with E-state index in [-0.39, 0.29) is 36.4 Å². The quantitative estimate of drug-likeness (QED) is 0.532. The number of nitrogens with one attached hydrogen (secondary N) is 1. The van der Waals surface area contributed by atoms with Crippen molar-refractivity contribution in [1.29, 1.82) is 0 Å². The lowest BCUT2D eigenvalue weighted by molar-refractivity contribution is -0.135. The molecule has 0 spiro atoms. The zero-order chi connectivity index (χ0) is 25.9. The number of hydrogen-bond donors (Lipinski definition) is 1. The molecular weight excluding hydrogens is 491 g/mol. The molecular formula is C28H31FN4O3S. The minimum Gasteiger partial charge on any atom is -0.495 e. The lowest BCUT2D eigenvalue weighted by Gasteiger charge is -2.41. The van der Waals surface area contributed by atoms with E-state index in [1.165, 1.54) is 10.9 Å². The number of rotatable bonds is 5. The largest absolute Gasteiger partial charge is 0.495 e.